The molecule has 0 unspecified atom stereocenters. The van der Waals surface area contributed by atoms with Gasteiger partial charge < -0.3 is 19.7 Å². The molecule has 7 nitrogen and oxygen atoms in total. The highest BCUT2D eigenvalue weighted by Crippen LogP contribution is 2.49. The van der Waals surface area contributed by atoms with Gasteiger partial charge in [-0.2, -0.15) is 0 Å². The number of aliphatic hydroxyl groups excluding tert-OH is 1. The first-order valence-corrected chi connectivity index (χ1v) is 12.4. The summed E-state index contributed by atoms with van der Waals surface area (Å²) in [6.07, 6.45) is 4.20. The van der Waals surface area contributed by atoms with Gasteiger partial charge in [0.15, 0.2) is 11.6 Å². The number of hydrogen-bond acceptors (Lipinski definition) is 7. The van der Waals surface area contributed by atoms with Crippen molar-refractivity contribution in [1.29, 1.82) is 0 Å². The average Bonchev–Trinajstić information content (AvgIpc) is 3.48. The lowest BCUT2D eigenvalue weighted by Crippen LogP contribution is -2.07. The molecule has 5 aromatic rings. The molecule has 2 N–H and O–H groups in total. The molecule has 0 radical (unpaired) electrons. The number of anilines is 1. The number of methoxy groups -OCH3 is 1. The molecule has 9 heteroatoms. The number of nitrogens with zero attached hydrogens (tertiary/aromatic N) is 4. The van der Waals surface area contributed by atoms with E-state index in [9.17, 15) is 5.11 Å². The lowest BCUT2D eigenvalue weighted by molar-refractivity contribution is 0.292. The molecule has 178 valence electrons. The number of rotatable bonds is 8. The predicted octanol–water partition coefficient (Wildman–Crippen LogP) is 5.88. The molecular weight excluding hydrogens is 482 g/mol. The molecule has 0 spiro atoms. The Morgan fingerprint density at radius 3 is 2.69 bits per heavy atom. The molecule has 2 aromatic carbocycles. The minimum Gasteiger partial charge on any atom is -0.497 e. The fraction of sp³-hybridized carbons (Fsp3) is 0.192. The van der Waals surface area contributed by atoms with E-state index in [4.69, 9.17) is 26.3 Å². The van der Waals surface area contributed by atoms with Crippen LogP contribution >= 0.6 is 22.9 Å². The van der Waals surface area contributed by atoms with E-state index in [1.807, 2.05) is 54.2 Å². The third-order valence-electron chi connectivity index (χ3n) is 5.68. The number of aromatic nitrogens is 4. The largest absolute Gasteiger partial charge is 0.497 e. The molecule has 0 aliphatic heterocycles. The van der Waals surface area contributed by atoms with Crippen LogP contribution in [0.25, 0.3) is 43.4 Å². The number of hydrogen-bond donors (Lipinski definition) is 2. The van der Waals surface area contributed by atoms with Crippen molar-refractivity contribution in [2.45, 2.75) is 6.42 Å². The molecule has 35 heavy (non-hydrogen) atoms. The van der Waals surface area contributed by atoms with E-state index in [1.54, 1.807) is 24.6 Å². The molecule has 3 heterocycles. The highest BCUT2D eigenvalue weighted by atomic mass is 35.5. The van der Waals surface area contributed by atoms with Gasteiger partial charge in [0.25, 0.3) is 0 Å². The quantitative estimate of drug-likeness (QED) is 0.256. The number of aliphatic hydroxyl groups is 1. The standard InChI is InChI=1S/C26H24ClN5O2S/c1-32-13-12-29-25(32)24-30-23(28-11-6-14-33)21-20(16-7-4-3-5-8-16)22(35-26(21)31-24)18-15-17(34-2)9-10-19(18)27/h3-5,7-10,12-13,15,33H,6,11,14H2,1-2H3,(H,28,30,31). The number of fused-ring (bicyclic) bond motifs is 1. The van der Waals surface area contributed by atoms with Gasteiger partial charge in [0, 0.05) is 53.6 Å². The zero-order chi connectivity index (χ0) is 24.4. The molecule has 0 aliphatic carbocycles. The Kier molecular flexibility index (Phi) is 6.68. The average molecular weight is 506 g/mol. The first-order valence-electron chi connectivity index (χ1n) is 11.2. The van der Waals surface area contributed by atoms with Crippen LogP contribution < -0.4 is 10.1 Å². The SMILES string of the molecule is COc1ccc(Cl)c(-c2sc3nc(-c4nccn4C)nc(NCCCO)c3c2-c2ccccc2)c1. The zero-order valence-corrected chi connectivity index (χ0v) is 20.9. The Bertz CT molecular complexity index is 1480. The summed E-state index contributed by atoms with van der Waals surface area (Å²) in [5.74, 6) is 2.62. The molecule has 0 saturated carbocycles. The third-order valence-corrected chi connectivity index (χ3v) is 7.13. The number of nitrogens with one attached hydrogen (secondary N) is 1. The number of halogens is 1. The molecule has 0 amide bonds. The summed E-state index contributed by atoms with van der Waals surface area (Å²) in [5.41, 5.74) is 2.90. The van der Waals surface area contributed by atoms with Crippen LogP contribution in [0, 0.1) is 0 Å². The number of aryl methyl sites for hydroxylation is 1. The molecule has 0 bridgehead atoms. The first kappa shape index (κ1) is 23.3. The van der Waals surface area contributed by atoms with Gasteiger partial charge in [-0.25, -0.2) is 15.0 Å². The minimum atomic E-state index is 0.0906. The van der Waals surface area contributed by atoms with Crippen LogP contribution in [0.5, 0.6) is 5.75 Å². The monoisotopic (exact) mass is 505 g/mol. The maximum absolute atomic E-state index is 9.35. The maximum Gasteiger partial charge on any atom is 0.199 e. The van der Waals surface area contributed by atoms with Gasteiger partial charge in [0.05, 0.1) is 12.5 Å². The highest BCUT2D eigenvalue weighted by molar-refractivity contribution is 7.22. The fourth-order valence-electron chi connectivity index (χ4n) is 3.97. The number of imidazole rings is 1. The van der Waals surface area contributed by atoms with Crippen molar-refractivity contribution < 1.29 is 9.84 Å². The van der Waals surface area contributed by atoms with Crippen LogP contribution in [0.2, 0.25) is 5.02 Å². The van der Waals surface area contributed by atoms with E-state index in [-0.39, 0.29) is 6.61 Å². The van der Waals surface area contributed by atoms with Gasteiger partial charge in [-0.1, -0.05) is 41.9 Å². The normalized spacial score (nSPS) is 11.2. The van der Waals surface area contributed by atoms with Gasteiger partial charge >= 0.3 is 0 Å². The van der Waals surface area contributed by atoms with Crippen molar-refractivity contribution in [3.05, 3.63) is 65.9 Å². The van der Waals surface area contributed by atoms with Crippen molar-refractivity contribution in [2.24, 2.45) is 7.05 Å². The van der Waals surface area contributed by atoms with Gasteiger partial charge in [-0.05, 0) is 30.2 Å². The Morgan fingerprint density at radius 1 is 1.14 bits per heavy atom. The Labute approximate surface area is 212 Å². The second-order valence-electron chi connectivity index (χ2n) is 7.96. The van der Waals surface area contributed by atoms with Gasteiger partial charge in [0.1, 0.15) is 16.4 Å². The second kappa shape index (κ2) is 10.0. The van der Waals surface area contributed by atoms with Gasteiger partial charge in [0.2, 0.25) is 0 Å². The number of ether oxygens (including phenoxy) is 1. The smallest absolute Gasteiger partial charge is 0.199 e. The zero-order valence-electron chi connectivity index (χ0n) is 19.3. The number of thiophene rings is 1. The molecule has 0 fully saturated rings. The summed E-state index contributed by atoms with van der Waals surface area (Å²) in [4.78, 5) is 16.1. The molecule has 5 rings (SSSR count). The molecular formula is C26H24ClN5O2S. The topological polar surface area (TPSA) is 85.1 Å². The summed E-state index contributed by atoms with van der Waals surface area (Å²) in [5, 5.41) is 14.3. The highest BCUT2D eigenvalue weighted by Gasteiger charge is 2.24. The summed E-state index contributed by atoms with van der Waals surface area (Å²) in [6.45, 7) is 0.662. The second-order valence-corrected chi connectivity index (χ2v) is 9.37. The van der Waals surface area contributed by atoms with E-state index in [0.29, 0.717) is 35.5 Å². The first-order chi connectivity index (χ1) is 17.1. The van der Waals surface area contributed by atoms with Crippen molar-refractivity contribution in [3.63, 3.8) is 0 Å². The van der Waals surface area contributed by atoms with Crippen LogP contribution in [0.4, 0.5) is 5.82 Å². The lowest BCUT2D eigenvalue weighted by Gasteiger charge is -2.12. The van der Waals surface area contributed by atoms with E-state index in [0.717, 1.165) is 37.5 Å². The van der Waals surface area contributed by atoms with Crippen molar-refractivity contribution in [3.8, 4) is 39.0 Å². The Balaban J connectivity index is 1.83. The predicted molar refractivity (Wildman–Crippen MR) is 142 cm³/mol. The Morgan fingerprint density at radius 2 is 1.97 bits per heavy atom. The Hall–Kier alpha value is -3.46. The van der Waals surface area contributed by atoms with E-state index >= 15 is 0 Å². The van der Waals surface area contributed by atoms with Gasteiger partial charge in [-0.3, -0.25) is 0 Å². The molecule has 3 aromatic heterocycles. The van der Waals surface area contributed by atoms with E-state index in [2.05, 4.69) is 22.4 Å². The van der Waals surface area contributed by atoms with Gasteiger partial charge in [-0.15, -0.1) is 11.3 Å². The summed E-state index contributed by atoms with van der Waals surface area (Å²) in [6, 6.07) is 15.8. The molecule has 0 aliphatic rings. The van der Waals surface area contributed by atoms with Crippen molar-refractivity contribution >= 4 is 39.0 Å². The van der Waals surface area contributed by atoms with Crippen molar-refractivity contribution in [2.75, 3.05) is 25.6 Å². The maximum atomic E-state index is 9.35. The number of benzene rings is 2. The van der Waals surface area contributed by atoms with Crippen LogP contribution in [-0.4, -0.2) is 44.9 Å². The molecule has 0 atom stereocenters. The summed E-state index contributed by atoms with van der Waals surface area (Å²) < 4.78 is 7.39. The van der Waals surface area contributed by atoms with Crippen LogP contribution in [0.3, 0.4) is 0 Å². The summed E-state index contributed by atoms with van der Waals surface area (Å²) in [7, 11) is 3.56. The van der Waals surface area contributed by atoms with Crippen molar-refractivity contribution in [1.82, 2.24) is 19.5 Å². The summed E-state index contributed by atoms with van der Waals surface area (Å²) >= 11 is 8.27. The molecule has 0 saturated heterocycles. The third kappa shape index (κ3) is 4.48. The minimum absolute atomic E-state index is 0.0906. The van der Waals surface area contributed by atoms with Crippen LogP contribution in [0.1, 0.15) is 6.42 Å². The van der Waals surface area contributed by atoms with E-state index in [1.165, 1.54) is 0 Å². The lowest BCUT2D eigenvalue weighted by atomic mass is 9.99. The fourth-order valence-corrected chi connectivity index (χ4v) is 5.47. The van der Waals surface area contributed by atoms with E-state index < -0.39 is 0 Å². The van der Waals surface area contributed by atoms with Crippen LogP contribution in [0.15, 0.2) is 60.9 Å². The van der Waals surface area contributed by atoms with Crippen LogP contribution in [-0.2, 0) is 7.05 Å².